The number of allylic oxidation sites excluding steroid dienone is 2. The van der Waals surface area contributed by atoms with Gasteiger partial charge in [0.05, 0.1) is 35.0 Å². The number of carbonyl (C=O) groups is 1. The average molecular weight is 484 g/mol. The fourth-order valence-corrected chi connectivity index (χ4v) is 3.47. The van der Waals surface area contributed by atoms with Gasteiger partial charge in [-0.2, -0.15) is 0 Å². The lowest BCUT2D eigenvalue weighted by molar-refractivity contribution is -0.140. The second kappa shape index (κ2) is 15.5. The molecule has 2 aromatic carbocycles. The Bertz CT molecular complexity index is 946. The molecule has 7 nitrogen and oxygen atoms in total. The molecular weight excluding hydrogens is 446 g/mol. The number of likely N-dealkylation sites (tertiary alicyclic amines) is 1. The van der Waals surface area contributed by atoms with Crippen LogP contribution >= 0.6 is 0 Å². The van der Waals surface area contributed by atoms with E-state index in [1.165, 1.54) is 18.4 Å². The maximum atomic E-state index is 11.3. The summed E-state index contributed by atoms with van der Waals surface area (Å²) in [5.74, 6) is 2.88. The first kappa shape index (κ1) is 27.8. The molecule has 0 atom stereocenters. The van der Waals surface area contributed by atoms with Crippen LogP contribution in [0.1, 0.15) is 24.8 Å². The number of methoxy groups -OCH3 is 5. The van der Waals surface area contributed by atoms with Gasteiger partial charge < -0.3 is 28.6 Å². The van der Waals surface area contributed by atoms with E-state index >= 15 is 0 Å². The van der Waals surface area contributed by atoms with Crippen LogP contribution in [-0.4, -0.2) is 59.5 Å². The van der Waals surface area contributed by atoms with Crippen LogP contribution in [0.25, 0.3) is 0 Å². The second-order valence-electron chi connectivity index (χ2n) is 7.81. The van der Waals surface area contributed by atoms with Gasteiger partial charge in [-0.15, -0.1) is 0 Å². The zero-order valence-corrected chi connectivity index (χ0v) is 21.4. The van der Waals surface area contributed by atoms with Gasteiger partial charge in [-0.05, 0) is 48.2 Å². The highest BCUT2D eigenvalue weighted by molar-refractivity contribution is 5.81. The Kier molecular flexibility index (Phi) is 12.3. The highest BCUT2D eigenvalue weighted by Gasteiger charge is 2.24. The molecule has 0 N–H and O–H groups in total. The summed E-state index contributed by atoms with van der Waals surface area (Å²) in [4.78, 5) is 13.1. The first-order valence-corrected chi connectivity index (χ1v) is 11.6. The van der Waals surface area contributed by atoms with Crippen molar-refractivity contribution in [2.24, 2.45) is 0 Å². The number of β-lactam (4-membered cyclic amide) rings is 1. The second-order valence-corrected chi connectivity index (χ2v) is 7.81. The Morgan fingerprint density at radius 2 is 1.54 bits per heavy atom. The van der Waals surface area contributed by atoms with Crippen LogP contribution in [0.5, 0.6) is 23.0 Å². The van der Waals surface area contributed by atoms with Crippen molar-refractivity contribution in [1.82, 2.24) is 4.90 Å². The van der Waals surface area contributed by atoms with Crippen molar-refractivity contribution < 1.29 is 28.5 Å². The fourth-order valence-electron chi connectivity index (χ4n) is 3.47. The van der Waals surface area contributed by atoms with E-state index in [4.69, 9.17) is 23.7 Å². The topological polar surface area (TPSA) is 66.5 Å². The Hall–Kier alpha value is -3.45. The van der Waals surface area contributed by atoms with Crippen LogP contribution in [0, 0.1) is 0 Å². The van der Waals surface area contributed by atoms with Crippen LogP contribution in [0.4, 0.5) is 0 Å². The Morgan fingerprint density at radius 3 is 1.94 bits per heavy atom. The van der Waals surface area contributed by atoms with E-state index in [-0.39, 0.29) is 5.91 Å². The van der Waals surface area contributed by atoms with Crippen molar-refractivity contribution in [3.8, 4) is 23.0 Å². The summed E-state index contributed by atoms with van der Waals surface area (Å²) in [6.45, 7) is 2.15. The number of benzene rings is 2. The molecule has 4 rings (SSSR count). The molecule has 0 unspecified atom stereocenters. The largest absolute Gasteiger partial charge is 0.497 e. The maximum absolute atomic E-state index is 11.3. The number of carbonyl (C=O) groups excluding carboxylic acids is 1. The Morgan fingerprint density at radius 1 is 0.857 bits per heavy atom. The molecule has 1 heterocycles. The first-order chi connectivity index (χ1) is 17.1. The van der Waals surface area contributed by atoms with E-state index in [2.05, 4.69) is 18.2 Å². The van der Waals surface area contributed by atoms with Crippen molar-refractivity contribution in [3.05, 3.63) is 71.8 Å². The van der Waals surface area contributed by atoms with Gasteiger partial charge >= 0.3 is 0 Å². The summed E-state index contributed by atoms with van der Waals surface area (Å²) in [5, 5.41) is 0. The number of amides is 1. The summed E-state index contributed by atoms with van der Waals surface area (Å²) >= 11 is 0. The summed E-state index contributed by atoms with van der Waals surface area (Å²) in [7, 11) is 8.11. The number of ether oxygens (including phenoxy) is 5. The molecule has 1 aliphatic heterocycles. The smallest absolute Gasteiger partial charge is 0.224 e. The molecular formula is C28H37NO6. The minimum Gasteiger partial charge on any atom is -0.497 e. The molecule has 35 heavy (non-hydrogen) atoms. The quantitative estimate of drug-likeness (QED) is 0.490. The normalized spacial score (nSPS) is 13.8. The molecule has 0 bridgehead atoms. The monoisotopic (exact) mass is 483 g/mol. The van der Waals surface area contributed by atoms with Crippen molar-refractivity contribution in [2.75, 3.05) is 48.7 Å². The molecule has 1 aliphatic carbocycles. The van der Waals surface area contributed by atoms with Gasteiger partial charge in [-0.3, -0.25) is 4.79 Å². The third-order valence-electron chi connectivity index (χ3n) is 5.41. The van der Waals surface area contributed by atoms with Gasteiger partial charge in [0.15, 0.2) is 11.5 Å². The van der Waals surface area contributed by atoms with Crippen LogP contribution in [0.2, 0.25) is 0 Å². The van der Waals surface area contributed by atoms with Crippen LogP contribution in [0.3, 0.4) is 0 Å². The zero-order chi connectivity index (χ0) is 25.5. The zero-order valence-electron chi connectivity index (χ0n) is 21.4. The molecule has 1 saturated heterocycles. The number of rotatable bonds is 8. The van der Waals surface area contributed by atoms with Crippen LogP contribution in [-0.2, 0) is 16.1 Å². The van der Waals surface area contributed by atoms with Gasteiger partial charge in [0.25, 0.3) is 0 Å². The molecule has 1 fully saturated rings. The summed E-state index contributed by atoms with van der Waals surface area (Å²) in [6.07, 6.45) is 9.55. The van der Waals surface area contributed by atoms with Crippen LogP contribution in [0.15, 0.2) is 66.3 Å². The van der Waals surface area contributed by atoms with E-state index in [1.807, 2.05) is 42.5 Å². The van der Waals surface area contributed by atoms with Gasteiger partial charge in [0.2, 0.25) is 11.7 Å². The van der Waals surface area contributed by atoms with Crippen molar-refractivity contribution in [2.45, 2.75) is 25.8 Å². The SMILES string of the molecule is COCC1=CCCC=C1.COc1cc(CN2CCC2=O)cc(OC)c1OC.COc1ccccc1. The number of hydrogen-bond donors (Lipinski definition) is 0. The Balaban J connectivity index is 0.000000211. The predicted molar refractivity (Wildman–Crippen MR) is 137 cm³/mol. The van der Waals surface area contributed by atoms with E-state index in [0.717, 1.165) is 24.5 Å². The van der Waals surface area contributed by atoms with E-state index in [9.17, 15) is 4.79 Å². The molecule has 0 radical (unpaired) electrons. The summed E-state index contributed by atoms with van der Waals surface area (Å²) in [6, 6.07) is 13.4. The molecule has 7 heteroatoms. The minimum atomic E-state index is 0.184. The Labute approximate surface area is 208 Å². The number of hydrogen-bond acceptors (Lipinski definition) is 6. The summed E-state index contributed by atoms with van der Waals surface area (Å²) in [5.41, 5.74) is 2.28. The van der Waals surface area contributed by atoms with Gasteiger partial charge in [0.1, 0.15) is 5.75 Å². The highest BCUT2D eigenvalue weighted by atomic mass is 16.5. The highest BCUT2D eigenvalue weighted by Crippen LogP contribution is 2.38. The van der Waals surface area contributed by atoms with Crippen molar-refractivity contribution in [1.29, 1.82) is 0 Å². The standard InChI is InChI=1S/C13H17NO4.C8H12O.C7H8O/c1-16-10-6-9(8-14-5-4-12(14)15)7-11(17-2)13(10)18-3;1-9-7-8-5-3-2-4-6-8;1-8-7-5-3-2-4-6-7/h6-7H,4-5,8H2,1-3H3;3,5-6H,2,4,7H2,1H3;2-6H,1H3. The molecule has 0 aromatic heterocycles. The predicted octanol–water partition coefficient (Wildman–Crippen LogP) is 5.05. The molecule has 1 amide bonds. The molecule has 2 aliphatic rings. The third kappa shape index (κ3) is 9.02. The van der Waals surface area contributed by atoms with Crippen molar-refractivity contribution >= 4 is 5.91 Å². The minimum absolute atomic E-state index is 0.184. The van der Waals surface area contributed by atoms with Crippen molar-refractivity contribution in [3.63, 3.8) is 0 Å². The van der Waals surface area contributed by atoms with Gasteiger partial charge in [-0.25, -0.2) is 0 Å². The van der Waals surface area contributed by atoms with Gasteiger partial charge in [0, 0.05) is 26.6 Å². The van der Waals surface area contributed by atoms with E-state index in [1.54, 1.807) is 40.4 Å². The average Bonchev–Trinajstić information content (AvgIpc) is 2.92. The molecule has 0 saturated carbocycles. The molecule has 190 valence electrons. The third-order valence-corrected chi connectivity index (χ3v) is 5.41. The molecule has 2 aromatic rings. The fraction of sp³-hybridized carbons (Fsp3) is 0.393. The van der Waals surface area contributed by atoms with Gasteiger partial charge in [-0.1, -0.05) is 36.4 Å². The molecule has 0 spiro atoms. The van der Waals surface area contributed by atoms with E-state index < -0.39 is 0 Å². The lowest BCUT2D eigenvalue weighted by Crippen LogP contribution is -2.42. The first-order valence-electron chi connectivity index (χ1n) is 11.6. The number of nitrogens with zero attached hydrogens (tertiary/aromatic N) is 1. The van der Waals surface area contributed by atoms with E-state index in [0.29, 0.717) is 30.2 Å². The summed E-state index contributed by atoms with van der Waals surface area (Å²) < 4.78 is 25.7. The van der Waals surface area contributed by atoms with Crippen LogP contribution < -0.4 is 18.9 Å². The lowest BCUT2D eigenvalue weighted by atomic mass is 10.1. The number of para-hydroxylation sites is 1. The lowest BCUT2D eigenvalue weighted by Gasteiger charge is -2.31. The maximum Gasteiger partial charge on any atom is 0.224 e.